The molecule has 0 aliphatic carbocycles. The highest BCUT2D eigenvalue weighted by Gasteiger charge is 2.20. The molecule has 3 heteroatoms. The molecule has 0 amide bonds. The summed E-state index contributed by atoms with van der Waals surface area (Å²) in [6.07, 6.45) is 0. The summed E-state index contributed by atoms with van der Waals surface area (Å²) in [5.74, 6) is 0. The van der Waals surface area contributed by atoms with Crippen molar-refractivity contribution in [1.82, 2.24) is 8.97 Å². The molecule has 0 saturated heterocycles. The molecule has 236 valence electrons. The van der Waals surface area contributed by atoms with Crippen molar-refractivity contribution in [3.05, 3.63) is 170 Å². The Balaban J connectivity index is 1.30. The Bertz CT molecular complexity index is 3400. The van der Waals surface area contributed by atoms with Gasteiger partial charge in [0.05, 0.1) is 27.6 Å². The number of thiophene rings is 1. The summed E-state index contributed by atoms with van der Waals surface area (Å²) in [6, 6.07) is 63.0. The van der Waals surface area contributed by atoms with Gasteiger partial charge in [-0.15, -0.1) is 11.3 Å². The summed E-state index contributed by atoms with van der Waals surface area (Å²) in [4.78, 5) is 0. The standard InChI is InChI=1S/C48H28N2S/c1-2-11-29(12-3-1)30-23-25-31(26-24-30)49-40-19-6-5-14-33(40)38-27-39-37-18-8-17-36-35-16-10-22-45-47(35)46-34(15-9-21-44(46)51-45)32-13-4-7-20-41(32)50(48(36)37)43(39)28-42(38)49/h1-28H. The molecule has 12 rings (SSSR count). The highest BCUT2D eigenvalue weighted by molar-refractivity contribution is 7.26. The molecule has 0 spiro atoms. The van der Waals surface area contributed by atoms with Crippen LogP contribution in [0.2, 0.25) is 0 Å². The monoisotopic (exact) mass is 664 g/mol. The number of hydrogen-bond acceptors (Lipinski definition) is 1. The zero-order valence-corrected chi connectivity index (χ0v) is 28.3. The van der Waals surface area contributed by atoms with E-state index in [9.17, 15) is 0 Å². The fourth-order valence-corrected chi connectivity index (χ4v) is 10.1. The minimum Gasteiger partial charge on any atom is -0.309 e. The van der Waals surface area contributed by atoms with Gasteiger partial charge in [-0.25, -0.2) is 0 Å². The zero-order chi connectivity index (χ0) is 33.2. The normalized spacial score (nSPS) is 12.3. The summed E-state index contributed by atoms with van der Waals surface area (Å²) in [6.45, 7) is 0. The van der Waals surface area contributed by atoms with Crippen molar-refractivity contribution in [2.75, 3.05) is 0 Å². The highest BCUT2D eigenvalue weighted by Crippen LogP contribution is 2.45. The van der Waals surface area contributed by atoms with Gasteiger partial charge in [-0.1, -0.05) is 121 Å². The van der Waals surface area contributed by atoms with Gasteiger partial charge in [0.2, 0.25) is 0 Å². The average molecular weight is 665 g/mol. The maximum atomic E-state index is 2.56. The zero-order valence-electron chi connectivity index (χ0n) is 27.5. The predicted octanol–water partition coefficient (Wildman–Crippen LogP) is 13.7. The molecule has 12 aromatic rings. The van der Waals surface area contributed by atoms with Crippen molar-refractivity contribution in [3.8, 4) is 16.8 Å². The van der Waals surface area contributed by atoms with Crippen molar-refractivity contribution in [2.45, 2.75) is 0 Å². The molecule has 4 aromatic heterocycles. The van der Waals surface area contributed by atoms with Gasteiger partial charge in [0, 0.05) is 58.2 Å². The second kappa shape index (κ2) is 10.1. The molecule has 0 aliphatic rings. The molecule has 0 N–H and O–H groups in total. The first-order valence-electron chi connectivity index (χ1n) is 17.5. The Morgan fingerprint density at radius 2 is 0.863 bits per heavy atom. The van der Waals surface area contributed by atoms with Crippen LogP contribution in [0, 0.1) is 0 Å². The number of benzene rings is 8. The van der Waals surface area contributed by atoms with Crippen molar-refractivity contribution in [2.24, 2.45) is 0 Å². The van der Waals surface area contributed by atoms with E-state index in [1.165, 1.54) is 102 Å². The molecule has 2 nitrogen and oxygen atoms in total. The molecule has 0 radical (unpaired) electrons. The number of fused-ring (bicyclic) bond motifs is 10. The number of para-hydroxylation sites is 3. The minimum atomic E-state index is 1.16. The summed E-state index contributed by atoms with van der Waals surface area (Å²) in [7, 11) is 0. The third kappa shape index (κ3) is 3.65. The molecule has 0 aliphatic heterocycles. The smallest absolute Gasteiger partial charge is 0.0619 e. The molecule has 51 heavy (non-hydrogen) atoms. The van der Waals surface area contributed by atoms with Crippen LogP contribution in [0.1, 0.15) is 0 Å². The second-order valence-electron chi connectivity index (χ2n) is 13.7. The van der Waals surface area contributed by atoms with Crippen LogP contribution in [0.3, 0.4) is 0 Å². The number of rotatable bonds is 2. The van der Waals surface area contributed by atoms with E-state index in [-0.39, 0.29) is 0 Å². The van der Waals surface area contributed by atoms with E-state index in [0.29, 0.717) is 0 Å². The Hall–Kier alpha value is -6.42. The largest absolute Gasteiger partial charge is 0.309 e. The van der Waals surface area contributed by atoms with Crippen molar-refractivity contribution in [3.63, 3.8) is 0 Å². The predicted molar refractivity (Wildman–Crippen MR) is 220 cm³/mol. The second-order valence-corrected chi connectivity index (χ2v) is 14.7. The van der Waals surface area contributed by atoms with Gasteiger partial charge in [-0.2, -0.15) is 0 Å². The van der Waals surface area contributed by atoms with E-state index in [4.69, 9.17) is 0 Å². The van der Waals surface area contributed by atoms with Crippen LogP contribution in [0.25, 0.3) is 108 Å². The third-order valence-electron chi connectivity index (χ3n) is 11.1. The maximum absolute atomic E-state index is 2.56. The quantitative estimate of drug-likeness (QED) is 0.174. The van der Waals surface area contributed by atoms with E-state index in [0.717, 1.165) is 5.69 Å². The molecule has 4 heterocycles. The van der Waals surface area contributed by atoms with Gasteiger partial charge in [-0.3, -0.25) is 0 Å². The molecule has 0 unspecified atom stereocenters. The highest BCUT2D eigenvalue weighted by atomic mass is 32.1. The van der Waals surface area contributed by atoms with Crippen LogP contribution < -0.4 is 0 Å². The first-order chi connectivity index (χ1) is 25.3. The molecule has 0 bridgehead atoms. The lowest BCUT2D eigenvalue weighted by atomic mass is 10.0. The lowest BCUT2D eigenvalue weighted by molar-refractivity contribution is 1.18. The van der Waals surface area contributed by atoms with E-state index in [1.54, 1.807) is 0 Å². The van der Waals surface area contributed by atoms with Crippen molar-refractivity contribution >= 4 is 102 Å². The van der Waals surface area contributed by atoms with Crippen LogP contribution >= 0.6 is 11.3 Å². The first-order valence-corrected chi connectivity index (χ1v) is 18.3. The molecular formula is C48H28N2S. The number of nitrogens with zero attached hydrogens (tertiary/aromatic N) is 2. The van der Waals surface area contributed by atoms with Gasteiger partial charge >= 0.3 is 0 Å². The maximum Gasteiger partial charge on any atom is 0.0619 e. The van der Waals surface area contributed by atoms with Crippen LogP contribution in [0.5, 0.6) is 0 Å². The van der Waals surface area contributed by atoms with E-state index < -0.39 is 0 Å². The van der Waals surface area contributed by atoms with E-state index in [2.05, 4.69) is 179 Å². The van der Waals surface area contributed by atoms with Crippen LogP contribution in [-0.2, 0) is 0 Å². The van der Waals surface area contributed by atoms with Crippen molar-refractivity contribution in [1.29, 1.82) is 0 Å². The van der Waals surface area contributed by atoms with Gasteiger partial charge in [-0.05, 0) is 70.4 Å². The van der Waals surface area contributed by atoms with Gasteiger partial charge in [0.1, 0.15) is 0 Å². The third-order valence-corrected chi connectivity index (χ3v) is 12.2. The Morgan fingerprint density at radius 3 is 1.61 bits per heavy atom. The Labute approximate surface area is 296 Å². The average Bonchev–Trinajstić information content (AvgIpc) is 3.85. The fourth-order valence-electron chi connectivity index (χ4n) is 8.92. The Morgan fingerprint density at radius 1 is 0.333 bits per heavy atom. The Kier molecular flexibility index (Phi) is 5.41. The minimum absolute atomic E-state index is 1.16. The van der Waals surface area contributed by atoms with Crippen LogP contribution in [0.4, 0.5) is 0 Å². The lowest BCUT2D eigenvalue weighted by Gasteiger charge is -2.10. The van der Waals surface area contributed by atoms with Gasteiger partial charge in [0.15, 0.2) is 0 Å². The molecule has 0 fully saturated rings. The van der Waals surface area contributed by atoms with Crippen LogP contribution in [-0.4, -0.2) is 8.97 Å². The summed E-state index contributed by atoms with van der Waals surface area (Å²) >= 11 is 1.90. The topological polar surface area (TPSA) is 9.34 Å². The SMILES string of the molecule is c1ccc(-c2ccc(-n3c4ccccc4c4cc5c6cccc7c8cccc9sc%10cccc(c%11ccccc%11n(c5cc43)c76)c%10c98)cc2)cc1. The summed E-state index contributed by atoms with van der Waals surface area (Å²) in [5, 5.41) is 12.9. The molecule has 0 saturated carbocycles. The molecular weight excluding hydrogens is 637 g/mol. The number of aromatic nitrogens is 2. The summed E-state index contributed by atoms with van der Waals surface area (Å²) < 4.78 is 7.67. The molecule has 8 aromatic carbocycles. The van der Waals surface area contributed by atoms with E-state index in [1.807, 2.05) is 11.3 Å². The van der Waals surface area contributed by atoms with Crippen LogP contribution in [0.15, 0.2) is 170 Å². The molecule has 0 atom stereocenters. The first kappa shape index (κ1) is 27.4. The van der Waals surface area contributed by atoms with Gasteiger partial charge < -0.3 is 8.97 Å². The van der Waals surface area contributed by atoms with Gasteiger partial charge in [0.25, 0.3) is 0 Å². The lowest BCUT2D eigenvalue weighted by Crippen LogP contribution is -1.94. The fraction of sp³-hybridized carbons (Fsp3) is 0. The van der Waals surface area contributed by atoms with Crippen molar-refractivity contribution < 1.29 is 0 Å². The van der Waals surface area contributed by atoms with E-state index >= 15 is 0 Å². The summed E-state index contributed by atoms with van der Waals surface area (Å²) in [5.41, 5.74) is 9.70. The number of hydrogen-bond donors (Lipinski definition) is 0.